The summed E-state index contributed by atoms with van der Waals surface area (Å²) < 4.78 is 13.2. The van der Waals surface area contributed by atoms with E-state index in [-0.39, 0.29) is 24.0 Å². The lowest BCUT2D eigenvalue weighted by atomic mass is 10.1. The summed E-state index contributed by atoms with van der Waals surface area (Å²) in [4.78, 5) is 26.4. The second-order valence-electron chi connectivity index (χ2n) is 7.72. The van der Waals surface area contributed by atoms with Gasteiger partial charge in [0.1, 0.15) is 17.6 Å². The molecule has 2 heterocycles. The molecular weight excluding hydrogens is 384 g/mol. The summed E-state index contributed by atoms with van der Waals surface area (Å²) in [6, 6.07) is 5.04. The fraction of sp³-hybridized carbons (Fsp3) is 0.500. The summed E-state index contributed by atoms with van der Waals surface area (Å²) >= 11 is 0. The molecule has 1 aliphatic heterocycles. The number of aromatic nitrogens is 2. The zero-order valence-electron chi connectivity index (χ0n) is 18.3. The molecule has 8 nitrogen and oxygen atoms in total. The molecule has 0 unspecified atom stereocenters. The Morgan fingerprint density at radius 3 is 2.53 bits per heavy atom. The zero-order valence-corrected chi connectivity index (χ0v) is 18.3. The van der Waals surface area contributed by atoms with E-state index in [4.69, 9.17) is 9.47 Å². The van der Waals surface area contributed by atoms with Gasteiger partial charge in [0.05, 0.1) is 24.4 Å². The van der Waals surface area contributed by atoms with Crippen molar-refractivity contribution in [3.05, 3.63) is 41.2 Å². The number of carbonyl (C=O) groups excluding carboxylic acids is 2. The first-order chi connectivity index (χ1) is 14.3. The van der Waals surface area contributed by atoms with Crippen LogP contribution >= 0.6 is 0 Å². The Bertz CT molecular complexity index is 916. The number of amides is 2. The van der Waals surface area contributed by atoms with Crippen LogP contribution in [0, 0.1) is 6.92 Å². The molecule has 3 rings (SSSR count). The second kappa shape index (κ2) is 9.19. The maximum Gasteiger partial charge on any atom is 0.255 e. The smallest absolute Gasteiger partial charge is 0.255 e. The predicted octanol–water partition coefficient (Wildman–Crippen LogP) is 2.62. The van der Waals surface area contributed by atoms with Gasteiger partial charge in [-0.15, -0.1) is 0 Å². The van der Waals surface area contributed by atoms with Gasteiger partial charge >= 0.3 is 0 Å². The molecule has 30 heavy (non-hydrogen) atoms. The van der Waals surface area contributed by atoms with Crippen LogP contribution in [-0.4, -0.2) is 52.8 Å². The Hall–Kier alpha value is -3.03. The molecule has 0 saturated carbocycles. The molecule has 1 aromatic heterocycles. The molecule has 1 saturated heterocycles. The summed E-state index contributed by atoms with van der Waals surface area (Å²) in [5, 5.41) is 7.38. The molecule has 2 amide bonds. The highest BCUT2D eigenvalue weighted by Gasteiger charge is 2.25. The highest BCUT2D eigenvalue weighted by Crippen LogP contribution is 2.28. The van der Waals surface area contributed by atoms with Crippen LogP contribution in [0.15, 0.2) is 24.4 Å². The molecule has 0 spiro atoms. The third-order valence-corrected chi connectivity index (χ3v) is 5.48. The van der Waals surface area contributed by atoms with E-state index in [2.05, 4.69) is 10.4 Å². The second-order valence-corrected chi connectivity index (χ2v) is 7.72. The fourth-order valence-corrected chi connectivity index (χ4v) is 3.78. The molecule has 1 fully saturated rings. The maximum atomic E-state index is 13.1. The van der Waals surface area contributed by atoms with Crippen LogP contribution in [0.5, 0.6) is 11.5 Å². The predicted molar refractivity (Wildman–Crippen MR) is 113 cm³/mol. The first kappa shape index (κ1) is 21.7. The van der Waals surface area contributed by atoms with Crippen LogP contribution in [0.3, 0.4) is 0 Å². The van der Waals surface area contributed by atoms with Gasteiger partial charge in [-0.1, -0.05) is 0 Å². The highest BCUT2D eigenvalue weighted by atomic mass is 16.5. The molecule has 1 atom stereocenters. The van der Waals surface area contributed by atoms with Crippen LogP contribution < -0.4 is 14.8 Å². The molecule has 1 N–H and O–H groups in total. The Morgan fingerprint density at radius 1 is 1.27 bits per heavy atom. The van der Waals surface area contributed by atoms with Crippen molar-refractivity contribution in [2.75, 3.05) is 20.2 Å². The number of carbonyl (C=O) groups is 2. The number of piperidine rings is 1. The molecule has 162 valence electrons. The number of benzene rings is 1. The van der Waals surface area contributed by atoms with Crippen molar-refractivity contribution < 1.29 is 19.1 Å². The van der Waals surface area contributed by atoms with Crippen molar-refractivity contribution in [2.24, 2.45) is 7.05 Å². The third kappa shape index (κ3) is 4.93. The molecule has 0 bridgehead atoms. The largest absolute Gasteiger partial charge is 0.497 e. The van der Waals surface area contributed by atoms with Gasteiger partial charge in [0.2, 0.25) is 5.91 Å². The Balaban J connectivity index is 1.75. The number of rotatable bonds is 6. The molecule has 0 aliphatic carbocycles. The summed E-state index contributed by atoms with van der Waals surface area (Å²) in [5.74, 6) is 0.951. The molecule has 1 aliphatic rings. The van der Waals surface area contributed by atoms with Gasteiger partial charge < -0.3 is 19.7 Å². The Kier molecular flexibility index (Phi) is 6.64. The Labute approximate surface area is 177 Å². The average Bonchev–Trinajstić information content (AvgIpc) is 3.06. The van der Waals surface area contributed by atoms with Crippen molar-refractivity contribution in [1.82, 2.24) is 20.0 Å². The number of ether oxygens (including phenoxy) is 2. The van der Waals surface area contributed by atoms with Gasteiger partial charge in [-0.05, 0) is 32.0 Å². The van der Waals surface area contributed by atoms with E-state index >= 15 is 0 Å². The first-order valence-corrected chi connectivity index (χ1v) is 10.2. The van der Waals surface area contributed by atoms with Crippen molar-refractivity contribution in [1.29, 1.82) is 0 Å². The van der Waals surface area contributed by atoms with Gasteiger partial charge in [-0.25, -0.2) is 0 Å². The molecular formula is C22H30N4O4. The topological polar surface area (TPSA) is 85.7 Å². The van der Waals surface area contributed by atoms with Crippen LogP contribution in [0.2, 0.25) is 0 Å². The van der Waals surface area contributed by atoms with Crippen LogP contribution in [0.1, 0.15) is 54.3 Å². The van der Waals surface area contributed by atoms with Gasteiger partial charge in [0.25, 0.3) is 5.91 Å². The first-order valence-electron chi connectivity index (χ1n) is 10.2. The van der Waals surface area contributed by atoms with Gasteiger partial charge in [-0.3, -0.25) is 14.3 Å². The quantitative estimate of drug-likeness (QED) is 0.785. The standard InChI is InChI=1S/C22H30N4O4/c1-14(20-13-25(4)24-15(20)2)23-22(28)19-12-18(29-5)6-7-21(19)30-17-8-10-26(11-9-17)16(3)27/h6-7,12-14,17H,8-11H2,1-5H3,(H,23,28)/t14-/m1/s1. The summed E-state index contributed by atoms with van der Waals surface area (Å²) in [7, 11) is 3.42. The van der Waals surface area contributed by atoms with Crippen molar-refractivity contribution >= 4 is 11.8 Å². The van der Waals surface area contributed by atoms with E-state index in [1.165, 1.54) is 0 Å². The van der Waals surface area contributed by atoms with E-state index < -0.39 is 0 Å². The van der Waals surface area contributed by atoms with E-state index in [9.17, 15) is 9.59 Å². The number of aryl methyl sites for hydroxylation is 2. The average molecular weight is 415 g/mol. The van der Waals surface area contributed by atoms with Crippen molar-refractivity contribution in [3.63, 3.8) is 0 Å². The van der Waals surface area contributed by atoms with E-state index in [1.807, 2.05) is 32.0 Å². The van der Waals surface area contributed by atoms with Gasteiger partial charge in [0, 0.05) is 51.7 Å². The maximum absolute atomic E-state index is 13.1. The number of methoxy groups -OCH3 is 1. The number of hydrogen-bond acceptors (Lipinski definition) is 5. The lowest BCUT2D eigenvalue weighted by Crippen LogP contribution is -2.40. The molecule has 8 heteroatoms. The minimum atomic E-state index is -0.235. The van der Waals surface area contributed by atoms with Crippen molar-refractivity contribution in [2.45, 2.75) is 45.8 Å². The van der Waals surface area contributed by atoms with Crippen LogP contribution in [0.4, 0.5) is 0 Å². The van der Waals surface area contributed by atoms with Gasteiger partial charge in [-0.2, -0.15) is 5.10 Å². The third-order valence-electron chi connectivity index (χ3n) is 5.48. The van der Waals surface area contributed by atoms with Gasteiger partial charge in [0.15, 0.2) is 0 Å². The van der Waals surface area contributed by atoms with Crippen LogP contribution in [-0.2, 0) is 11.8 Å². The number of likely N-dealkylation sites (tertiary alicyclic amines) is 1. The lowest BCUT2D eigenvalue weighted by Gasteiger charge is -2.32. The summed E-state index contributed by atoms with van der Waals surface area (Å²) in [6.45, 7) is 6.76. The van der Waals surface area contributed by atoms with Crippen molar-refractivity contribution in [3.8, 4) is 11.5 Å². The summed E-state index contributed by atoms with van der Waals surface area (Å²) in [6.07, 6.45) is 3.33. The Morgan fingerprint density at radius 2 is 1.97 bits per heavy atom. The SMILES string of the molecule is COc1ccc(OC2CCN(C(C)=O)CC2)c(C(=O)N[C@H](C)c2cn(C)nc2C)c1. The molecule has 2 aromatic rings. The molecule has 0 radical (unpaired) electrons. The number of nitrogens with one attached hydrogen (secondary N) is 1. The fourth-order valence-electron chi connectivity index (χ4n) is 3.78. The minimum Gasteiger partial charge on any atom is -0.497 e. The monoisotopic (exact) mass is 414 g/mol. The normalized spacial score (nSPS) is 15.6. The summed E-state index contributed by atoms with van der Waals surface area (Å²) in [5.41, 5.74) is 2.27. The number of nitrogens with zero attached hydrogens (tertiary/aromatic N) is 3. The zero-order chi connectivity index (χ0) is 21.8. The van der Waals surface area contributed by atoms with E-state index in [0.29, 0.717) is 30.2 Å². The minimum absolute atomic E-state index is 0.0430. The number of hydrogen-bond donors (Lipinski definition) is 1. The lowest BCUT2D eigenvalue weighted by molar-refractivity contribution is -0.130. The van der Waals surface area contributed by atoms with E-state index in [0.717, 1.165) is 24.1 Å². The van der Waals surface area contributed by atoms with Crippen LogP contribution in [0.25, 0.3) is 0 Å². The molecule has 1 aromatic carbocycles. The highest BCUT2D eigenvalue weighted by molar-refractivity contribution is 5.97. The van der Waals surface area contributed by atoms with E-state index in [1.54, 1.807) is 36.9 Å².